The fourth-order valence-corrected chi connectivity index (χ4v) is 3.29. The molecule has 0 unspecified atom stereocenters. The summed E-state index contributed by atoms with van der Waals surface area (Å²) in [5, 5.41) is 12.7. The molecule has 1 N–H and O–H groups in total. The summed E-state index contributed by atoms with van der Waals surface area (Å²) in [6, 6.07) is 14.8. The lowest BCUT2D eigenvalue weighted by Gasteiger charge is -2.17. The minimum atomic E-state index is -0.432. The van der Waals surface area contributed by atoms with Gasteiger partial charge in [-0.05, 0) is 49.7 Å². The van der Waals surface area contributed by atoms with E-state index >= 15 is 0 Å². The van der Waals surface area contributed by atoms with Crippen molar-refractivity contribution in [2.75, 3.05) is 5.32 Å². The summed E-state index contributed by atoms with van der Waals surface area (Å²) in [5.41, 5.74) is 2.93. The Morgan fingerprint density at radius 1 is 1.17 bits per heavy atom. The summed E-state index contributed by atoms with van der Waals surface area (Å²) >= 11 is 0. The number of para-hydroxylation sites is 2. The van der Waals surface area contributed by atoms with Crippen LogP contribution in [0.25, 0.3) is 22.2 Å². The van der Waals surface area contributed by atoms with Gasteiger partial charge in [-0.2, -0.15) is 5.26 Å². The summed E-state index contributed by atoms with van der Waals surface area (Å²) < 4.78 is 15.0. The van der Waals surface area contributed by atoms with Gasteiger partial charge in [-0.25, -0.2) is 14.4 Å². The minimum Gasteiger partial charge on any atom is -0.307 e. The maximum absolute atomic E-state index is 13.2. The Hall–Kier alpha value is -3.79. The van der Waals surface area contributed by atoms with Crippen molar-refractivity contribution in [2.45, 2.75) is 26.3 Å². The van der Waals surface area contributed by atoms with Crippen LogP contribution in [0.3, 0.4) is 0 Å². The summed E-state index contributed by atoms with van der Waals surface area (Å²) in [6.45, 7) is 4.01. The van der Waals surface area contributed by atoms with E-state index in [1.807, 2.05) is 42.7 Å². The van der Waals surface area contributed by atoms with Gasteiger partial charge in [0.25, 0.3) is 5.91 Å². The van der Waals surface area contributed by atoms with Gasteiger partial charge < -0.3 is 9.88 Å². The Kier molecular flexibility index (Phi) is 4.69. The molecular weight excluding hydrogens is 369 g/mol. The molecule has 4 rings (SSSR count). The average Bonchev–Trinajstić information content (AvgIpc) is 3.03. The third-order valence-electron chi connectivity index (χ3n) is 4.98. The van der Waals surface area contributed by atoms with Gasteiger partial charge in [0.05, 0.1) is 11.0 Å². The molecule has 0 bridgehead atoms. The molecule has 0 aliphatic rings. The molecular formula is C22H18FN5O. The SMILES string of the molecule is CC[C@@H](C)n1c(NC(=O)c2ccc(F)cc2)c(C#N)c2nc3ccccc3nc21. The average molecular weight is 387 g/mol. The van der Waals surface area contributed by atoms with Crippen molar-refractivity contribution in [1.29, 1.82) is 5.26 Å². The van der Waals surface area contributed by atoms with E-state index in [0.29, 0.717) is 33.6 Å². The maximum Gasteiger partial charge on any atom is 0.256 e. The molecule has 0 aliphatic carbocycles. The number of carbonyl (C=O) groups is 1. The highest BCUT2D eigenvalue weighted by Gasteiger charge is 2.24. The first-order chi connectivity index (χ1) is 14.0. The fraction of sp³-hybridized carbons (Fsp3) is 0.182. The summed E-state index contributed by atoms with van der Waals surface area (Å²) in [6.07, 6.45) is 0.766. The number of nitrogens with zero attached hydrogens (tertiary/aromatic N) is 4. The zero-order valence-electron chi connectivity index (χ0n) is 16.0. The lowest BCUT2D eigenvalue weighted by molar-refractivity contribution is 0.102. The zero-order chi connectivity index (χ0) is 20.5. The standard InChI is InChI=1S/C22H18FN5O/c1-3-13(2)28-20(27-22(29)14-8-10-15(23)11-9-14)16(12-24)19-21(28)26-18-7-5-4-6-17(18)25-19/h4-11,13H,3H2,1-2H3,(H,27,29)/t13-/m1/s1. The first-order valence-corrected chi connectivity index (χ1v) is 9.31. The smallest absolute Gasteiger partial charge is 0.256 e. The molecule has 1 amide bonds. The number of nitriles is 1. The van der Waals surface area contributed by atoms with Crippen molar-refractivity contribution in [3.05, 3.63) is 65.5 Å². The van der Waals surface area contributed by atoms with Crippen molar-refractivity contribution in [1.82, 2.24) is 14.5 Å². The van der Waals surface area contributed by atoms with E-state index in [1.165, 1.54) is 24.3 Å². The summed E-state index contributed by atoms with van der Waals surface area (Å²) in [5.74, 6) is -0.507. The van der Waals surface area contributed by atoms with Gasteiger partial charge in [-0.15, -0.1) is 0 Å². The van der Waals surface area contributed by atoms with Crippen LogP contribution in [-0.4, -0.2) is 20.4 Å². The second-order valence-electron chi connectivity index (χ2n) is 6.81. The molecule has 144 valence electrons. The molecule has 2 aromatic carbocycles. The van der Waals surface area contributed by atoms with E-state index in [9.17, 15) is 14.4 Å². The summed E-state index contributed by atoms with van der Waals surface area (Å²) in [7, 11) is 0. The van der Waals surface area contributed by atoms with Crippen LogP contribution in [0.1, 0.15) is 42.2 Å². The second kappa shape index (κ2) is 7.32. The Morgan fingerprint density at radius 2 is 1.83 bits per heavy atom. The highest BCUT2D eigenvalue weighted by Crippen LogP contribution is 2.33. The number of carbonyl (C=O) groups excluding carboxylic acids is 1. The molecule has 4 aromatic rings. The predicted molar refractivity (Wildman–Crippen MR) is 109 cm³/mol. The Labute approximate surface area is 166 Å². The van der Waals surface area contributed by atoms with Gasteiger partial charge in [0.15, 0.2) is 5.65 Å². The van der Waals surface area contributed by atoms with E-state index in [-0.39, 0.29) is 11.6 Å². The third-order valence-corrected chi connectivity index (χ3v) is 4.98. The van der Waals surface area contributed by atoms with Gasteiger partial charge in [0.2, 0.25) is 0 Å². The molecule has 1 atom stereocenters. The van der Waals surface area contributed by atoms with Crippen LogP contribution in [0.4, 0.5) is 10.2 Å². The van der Waals surface area contributed by atoms with Crippen LogP contribution >= 0.6 is 0 Å². The molecule has 0 fully saturated rings. The highest BCUT2D eigenvalue weighted by atomic mass is 19.1. The second-order valence-corrected chi connectivity index (χ2v) is 6.81. The fourth-order valence-electron chi connectivity index (χ4n) is 3.29. The lowest BCUT2D eigenvalue weighted by atomic mass is 10.2. The monoisotopic (exact) mass is 387 g/mol. The van der Waals surface area contributed by atoms with Gasteiger partial charge in [-0.1, -0.05) is 19.1 Å². The lowest BCUT2D eigenvalue weighted by Crippen LogP contribution is -2.17. The van der Waals surface area contributed by atoms with Crippen LogP contribution in [0.5, 0.6) is 0 Å². The van der Waals surface area contributed by atoms with Crippen LogP contribution in [0, 0.1) is 17.1 Å². The molecule has 0 saturated carbocycles. The Balaban J connectivity index is 1.93. The van der Waals surface area contributed by atoms with E-state index in [2.05, 4.69) is 16.4 Å². The predicted octanol–water partition coefficient (Wildman–Crippen LogP) is 4.82. The minimum absolute atomic E-state index is 0.0291. The number of anilines is 1. The molecule has 2 aromatic heterocycles. The van der Waals surface area contributed by atoms with Crippen molar-refractivity contribution in [2.24, 2.45) is 0 Å². The maximum atomic E-state index is 13.2. The molecule has 29 heavy (non-hydrogen) atoms. The number of hydrogen-bond donors (Lipinski definition) is 1. The van der Waals surface area contributed by atoms with E-state index in [4.69, 9.17) is 4.98 Å². The molecule has 0 spiro atoms. The Morgan fingerprint density at radius 3 is 2.45 bits per heavy atom. The summed E-state index contributed by atoms with van der Waals surface area (Å²) in [4.78, 5) is 22.1. The van der Waals surface area contributed by atoms with E-state index in [0.717, 1.165) is 6.42 Å². The molecule has 7 heteroatoms. The topological polar surface area (TPSA) is 83.6 Å². The third kappa shape index (κ3) is 3.19. The quantitative estimate of drug-likeness (QED) is 0.544. The van der Waals surface area contributed by atoms with Gasteiger partial charge in [0, 0.05) is 11.6 Å². The van der Waals surface area contributed by atoms with Crippen molar-refractivity contribution in [3.8, 4) is 6.07 Å². The highest BCUT2D eigenvalue weighted by molar-refractivity contribution is 6.06. The molecule has 0 radical (unpaired) electrons. The van der Waals surface area contributed by atoms with Crippen molar-refractivity contribution in [3.63, 3.8) is 0 Å². The number of benzene rings is 2. The first-order valence-electron chi connectivity index (χ1n) is 9.31. The molecule has 0 saturated heterocycles. The number of amides is 1. The van der Waals surface area contributed by atoms with Crippen LogP contribution in [-0.2, 0) is 0 Å². The van der Waals surface area contributed by atoms with E-state index in [1.54, 1.807) is 0 Å². The number of hydrogen-bond acceptors (Lipinski definition) is 4. The number of rotatable bonds is 4. The zero-order valence-corrected chi connectivity index (χ0v) is 16.0. The van der Waals surface area contributed by atoms with Gasteiger partial charge >= 0.3 is 0 Å². The number of fused-ring (bicyclic) bond motifs is 2. The van der Waals surface area contributed by atoms with Crippen molar-refractivity contribution >= 4 is 33.9 Å². The van der Waals surface area contributed by atoms with Crippen LogP contribution < -0.4 is 5.32 Å². The van der Waals surface area contributed by atoms with Crippen molar-refractivity contribution < 1.29 is 9.18 Å². The number of nitrogens with one attached hydrogen (secondary N) is 1. The first kappa shape index (κ1) is 18.6. The van der Waals surface area contributed by atoms with Gasteiger partial charge in [0.1, 0.15) is 28.8 Å². The molecule has 6 nitrogen and oxygen atoms in total. The Bertz CT molecular complexity index is 1270. The molecule has 0 aliphatic heterocycles. The number of halogens is 1. The number of aromatic nitrogens is 3. The van der Waals surface area contributed by atoms with Crippen LogP contribution in [0.2, 0.25) is 0 Å². The normalized spacial score (nSPS) is 12.1. The van der Waals surface area contributed by atoms with Crippen LogP contribution in [0.15, 0.2) is 48.5 Å². The van der Waals surface area contributed by atoms with E-state index < -0.39 is 11.7 Å². The molecule has 2 heterocycles. The largest absolute Gasteiger partial charge is 0.307 e. The van der Waals surface area contributed by atoms with Gasteiger partial charge in [-0.3, -0.25) is 4.79 Å².